The van der Waals surface area contributed by atoms with E-state index < -0.39 is 20.4 Å². The minimum Gasteiger partial charge on any atom is -1.00 e. The summed E-state index contributed by atoms with van der Waals surface area (Å²) >= 11 is 0. The van der Waals surface area contributed by atoms with Crippen LogP contribution in [0.25, 0.3) is 0 Å². The maximum Gasteiger partial charge on any atom is 1.00 e. The molecule has 0 aromatic heterocycles. The van der Waals surface area contributed by atoms with Crippen molar-refractivity contribution in [3.8, 4) is 0 Å². The van der Waals surface area contributed by atoms with E-state index >= 15 is 0 Å². The van der Waals surface area contributed by atoms with E-state index in [4.69, 9.17) is 0 Å². The van der Waals surface area contributed by atoms with Crippen molar-refractivity contribution in [2.24, 2.45) is 0 Å². The number of hydrogen-bond acceptors (Lipinski definition) is 4. The maximum absolute atomic E-state index is 12.3. The van der Waals surface area contributed by atoms with Gasteiger partial charge in [0, 0.05) is 6.07 Å². The predicted octanol–water partition coefficient (Wildman–Crippen LogP) is -0.456. The van der Waals surface area contributed by atoms with Crippen molar-refractivity contribution in [1.29, 1.82) is 0 Å². The minimum absolute atomic E-state index is 0. The molecule has 5 nitrogen and oxygen atoms in total. The fourth-order valence-corrected chi connectivity index (χ4v) is 3.01. The van der Waals surface area contributed by atoms with E-state index in [1.54, 1.807) is 18.2 Å². The van der Waals surface area contributed by atoms with Crippen molar-refractivity contribution < 1.29 is 44.3 Å². The zero-order chi connectivity index (χ0) is 13.2. The van der Waals surface area contributed by atoms with Gasteiger partial charge in [0.1, 0.15) is 4.90 Å². The Morgan fingerprint density at radius 1 is 0.947 bits per heavy atom. The molecule has 0 unspecified atom stereocenters. The van der Waals surface area contributed by atoms with E-state index in [9.17, 15) is 18.5 Å². The van der Waals surface area contributed by atoms with Crippen LogP contribution in [0.1, 0.15) is 1.43 Å². The van der Waals surface area contributed by atoms with Gasteiger partial charge >= 0.3 is 29.6 Å². The summed E-state index contributed by atoms with van der Waals surface area (Å²) < 4.78 is 24.5. The Bertz CT molecular complexity index is 692. The Hall–Kier alpha value is -1.21. The molecule has 0 aliphatic rings. The van der Waals surface area contributed by atoms with Crippen LogP contribution in [0.3, 0.4) is 0 Å². The second kappa shape index (κ2) is 6.29. The predicted molar refractivity (Wildman–Crippen MR) is 66.1 cm³/mol. The standard InChI is InChI=1S/C12H9NO4S.Na.H/c14-13(15)11-8-4-5-9-12(11)18(16,17)10-6-2-1-3-7-10;;/h1-9H;;/q;+1;-1. The Morgan fingerprint density at radius 2 is 1.47 bits per heavy atom. The molecule has 0 spiro atoms. The molecule has 2 aromatic rings. The number of rotatable bonds is 3. The number of para-hydroxylation sites is 1. The molecule has 0 aliphatic carbocycles. The molecule has 0 aliphatic heterocycles. The molecule has 0 amide bonds. The van der Waals surface area contributed by atoms with Gasteiger partial charge < -0.3 is 1.43 Å². The van der Waals surface area contributed by atoms with Gasteiger partial charge in [-0.2, -0.15) is 0 Å². The fraction of sp³-hybridized carbons (Fsp3) is 0. The van der Waals surface area contributed by atoms with E-state index in [2.05, 4.69) is 0 Å². The Kier molecular flexibility index (Phi) is 5.25. The third-order valence-electron chi connectivity index (χ3n) is 2.40. The van der Waals surface area contributed by atoms with Gasteiger partial charge in [-0.3, -0.25) is 10.1 Å². The summed E-state index contributed by atoms with van der Waals surface area (Å²) in [6.45, 7) is 0. The summed E-state index contributed by atoms with van der Waals surface area (Å²) in [6.07, 6.45) is 0. The third kappa shape index (κ3) is 3.22. The van der Waals surface area contributed by atoms with Crippen LogP contribution >= 0.6 is 0 Å². The van der Waals surface area contributed by atoms with E-state index in [-0.39, 0.29) is 40.8 Å². The molecule has 0 bridgehead atoms. The molecule has 2 aromatic carbocycles. The molecule has 0 fully saturated rings. The minimum atomic E-state index is -3.86. The summed E-state index contributed by atoms with van der Waals surface area (Å²) in [5.74, 6) is 0. The first kappa shape index (κ1) is 15.8. The number of benzene rings is 2. The second-order valence-electron chi connectivity index (χ2n) is 3.54. The van der Waals surface area contributed by atoms with Crippen LogP contribution in [0.15, 0.2) is 64.4 Å². The van der Waals surface area contributed by atoms with Gasteiger partial charge in [-0.25, -0.2) is 8.42 Å². The average molecular weight is 287 g/mol. The van der Waals surface area contributed by atoms with E-state index in [0.717, 1.165) is 0 Å². The number of sulfone groups is 1. The maximum atomic E-state index is 12.3. The van der Waals surface area contributed by atoms with Gasteiger partial charge in [0.05, 0.1) is 9.82 Å². The molecule has 0 saturated carbocycles. The monoisotopic (exact) mass is 287 g/mol. The molecule has 0 saturated heterocycles. The van der Waals surface area contributed by atoms with Crippen molar-refractivity contribution >= 4 is 15.5 Å². The number of nitrogens with zero attached hydrogens (tertiary/aromatic N) is 1. The molecule has 0 heterocycles. The van der Waals surface area contributed by atoms with E-state index in [1.807, 2.05) is 0 Å². The van der Waals surface area contributed by atoms with Gasteiger partial charge in [0.2, 0.25) is 9.84 Å². The first-order valence-electron chi connectivity index (χ1n) is 5.07. The number of nitro benzene ring substituents is 1. The topological polar surface area (TPSA) is 77.3 Å². The molecular formula is C12H10NNaO4S. The summed E-state index contributed by atoms with van der Waals surface area (Å²) in [5.41, 5.74) is -0.415. The zero-order valence-electron chi connectivity index (χ0n) is 11.2. The van der Waals surface area contributed by atoms with Gasteiger partial charge in [0.15, 0.2) is 0 Å². The van der Waals surface area contributed by atoms with Crippen molar-refractivity contribution in [2.45, 2.75) is 9.79 Å². The Balaban J connectivity index is 0.00000180. The number of hydrogen-bond donors (Lipinski definition) is 0. The molecule has 19 heavy (non-hydrogen) atoms. The van der Waals surface area contributed by atoms with Crippen molar-refractivity contribution in [1.82, 2.24) is 0 Å². The molecule has 0 radical (unpaired) electrons. The van der Waals surface area contributed by atoms with Gasteiger partial charge in [-0.1, -0.05) is 30.3 Å². The summed E-state index contributed by atoms with van der Waals surface area (Å²) in [5, 5.41) is 10.8. The smallest absolute Gasteiger partial charge is 1.00 e. The quantitative estimate of drug-likeness (QED) is 0.435. The second-order valence-corrected chi connectivity index (χ2v) is 5.46. The third-order valence-corrected chi connectivity index (χ3v) is 4.22. The van der Waals surface area contributed by atoms with Crippen molar-refractivity contribution in [2.75, 3.05) is 0 Å². The van der Waals surface area contributed by atoms with Crippen LogP contribution in [0.2, 0.25) is 0 Å². The summed E-state index contributed by atoms with van der Waals surface area (Å²) in [6, 6.07) is 12.9. The Morgan fingerprint density at radius 3 is 2.05 bits per heavy atom. The first-order valence-corrected chi connectivity index (χ1v) is 6.55. The van der Waals surface area contributed by atoms with Gasteiger partial charge in [-0.05, 0) is 18.2 Å². The van der Waals surface area contributed by atoms with Crippen LogP contribution in [-0.4, -0.2) is 13.3 Å². The molecular weight excluding hydrogens is 277 g/mol. The summed E-state index contributed by atoms with van der Waals surface area (Å²) in [7, 11) is -3.86. The summed E-state index contributed by atoms with van der Waals surface area (Å²) in [4.78, 5) is 9.89. The average Bonchev–Trinajstić information content (AvgIpc) is 2.39. The molecule has 0 atom stereocenters. The molecule has 7 heteroatoms. The van der Waals surface area contributed by atoms with Crippen molar-refractivity contribution in [3.05, 3.63) is 64.7 Å². The largest absolute Gasteiger partial charge is 1.00 e. The fourth-order valence-electron chi connectivity index (χ4n) is 1.56. The van der Waals surface area contributed by atoms with E-state index in [1.165, 1.54) is 36.4 Å². The molecule has 2 rings (SSSR count). The van der Waals surface area contributed by atoms with E-state index in [0.29, 0.717) is 0 Å². The van der Waals surface area contributed by atoms with Crippen LogP contribution in [0.5, 0.6) is 0 Å². The van der Waals surface area contributed by atoms with Crippen LogP contribution in [0.4, 0.5) is 5.69 Å². The first-order chi connectivity index (χ1) is 8.53. The van der Waals surface area contributed by atoms with Crippen LogP contribution < -0.4 is 29.6 Å². The van der Waals surface area contributed by atoms with Gasteiger partial charge in [0.25, 0.3) is 5.69 Å². The molecule has 94 valence electrons. The normalized spacial score (nSPS) is 10.5. The molecule has 0 N–H and O–H groups in total. The Labute approximate surface area is 134 Å². The van der Waals surface area contributed by atoms with Crippen molar-refractivity contribution in [3.63, 3.8) is 0 Å². The van der Waals surface area contributed by atoms with Gasteiger partial charge in [-0.15, -0.1) is 0 Å². The number of nitro groups is 1. The zero-order valence-corrected chi connectivity index (χ0v) is 13.0. The van der Waals surface area contributed by atoms with Crippen LogP contribution in [-0.2, 0) is 9.84 Å². The van der Waals surface area contributed by atoms with Crippen LogP contribution in [0, 0.1) is 10.1 Å². The SMILES string of the molecule is O=[N+]([O-])c1ccccc1S(=O)(=O)c1ccccc1.[H-].[Na+].